The summed E-state index contributed by atoms with van der Waals surface area (Å²) in [7, 11) is 0. The van der Waals surface area contributed by atoms with E-state index in [0.717, 1.165) is 18.5 Å². The predicted octanol–water partition coefficient (Wildman–Crippen LogP) is 3.19. The van der Waals surface area contributed by atoms with Gasteiger partial charge in [-0.05, 0) is 50.5 Å². The Labute approximate surface area is 112 Å². The molecule has 3 atom stereocenters. The third-order valence-corrected chi connectivity index (χ3v) is 5.74. The first kappa shape index (κ1) is 12.9. The summed E-state index contributed by atoms with van der Waals surface area (Å²) in [5.41, 5.74) is 0. The summed E-state index contributed by atoms with van der Waals surface area (Å²) in [4.78, 5) is 2.63. The minimum absolute atomic E-state index is 0.0500. The van der Waals surface area contributed by atoms with Gasteiger partial charge in [0.2, 0.25) is 0 Å². The van der Waals surface area contributed by atoms with Crippen LogP contribution in [-0.4, -0.2) is 35.2 Å². The molecule has 18 heavy (non-hydrogen) atoms. The molecule has 0 aromatic heterocycles. The SMILES string of the molecule is OC(CN1CCC2CCCCC21)C1CCCCC1. The van der Waals surface area contributed by atoms with Crippen LogP contribution in [0.2, 0.25) is 0 Å². The molecule has 0 spiro atoms. The minimum atomic E-state index is -0.0500. The van der Waals surface area contributed by atoms with Gasteiger partial charge in [-0.3, -0.25) is 4.90 Å². The highest BCUT2D eigenvalue weighted by Crippen LogP contribution is 2.37. The van der Waals surface area contributed by atoms with Crippen LogP contribution in [0.4, 0.5) is 0 Å². The maximum atomic E-state index is 10.5. The van der Waals surface area contributed by atoms with E-state index in [2.05, 4.69) is 4.90 Å². The van der Waals surface area contributed by atoms with Gasteiger partial charge in [-0.15, -0.1) is 0 Å². The smallest absolute Gasteiger partial charge is 0.0695 e. The molecule has 0 aromatic rings. The van der Waals surface area contributed by atoms with Crippen molar-refractivity contribution in [3.63, 3.8) is 0 Å². The molecule has 1 N–H and O–H groups in total. The number of aliphatic hydroxyl groups is 1. The molecule has 1 heterocycles. The number of fused-ring (bicyclic) bond motifs is 1. The Hall–Kier alpha value is -0.0800. The number of β-amino-alcohol motifs (C(OH)–C–C–N with tert-alkyl or cyclic N) is 1. The van der Waals surface area contributed by atoms with Gasteiger partial charge in [-0.1, -0.05) is 32.1 Å². The molecule has 2 nitrogen and oxygen atoms in total. The number of nitrogens with zero attached hydrogens (tertiary/aromatic N) is 1. The quantitative estimate of drug-likeness (QED) is 0.832. The zero-order valence-corrected chi connectivity index (χ0v) is 11.7. The first-order valence-electron chi connectivity index (χ1n) is 8.27. The molecule has 0 radical (unpaired) electrons. The fraction of sp³-hybridized carbons (Fsp3) is 1.00. The van der Waals surface area contributed by atoms with Gasteiger partial charge in [0.1, 0.15) is 0 Å². The highest BCUT2D eigenvalue weighted by Gasteiger charge is 2.37. The Balaban J connectivity index is 1.52. The summed E-state index contributed by atoms with van der Waals surface area (Å²) in [5, 5.41) is 10.5. The fourth-order valence-corrected chi connectivity index (χ4v) is 4.64. The van der Waals surface area contributed by atoms with Crippen molar-refractivity contribution < 1.29 is 5.11 Å². The van der Waals surface area contributed by atoms with Crippen LogP contribution in [0.5, 0.6) is 0 Å². The van der Waals surface area contributed by atoms with Gasteiger partial charge < -0.3 is 5.11 Å². The van der Waals surface area contributed by atoms with Gasteiger partial charge >= 0.3 is 0 Å². The number of rotatable bonds is 3. The van der Waals surface area contributed by atoms with Crippen molar-refractivity contribution in [1.82, 2.24) is 4.90 Å². The number of likely N-dealkylation sites (tertiary alicyclic amines) is 1. The predicted molar refractivity (Wildman–Crippen MR) is 74.5 cm³/mol. The van der Waals surface area contributed by atoms with E-state index < -0.39 is 0 Å². The minimum Gasteiger partial charge on any atom is -0.392 e. The maximum Gasteiger partial charge on any atom is 0.0695 e. The molecular formula is C16H29NO. The van der Waals surface area contributed by atoms with E-state index in [1.165, 1.54) is 70.8 Å². The third-order valence-electron chi connectivity index (χ3n) is 5.74. The van der Waals surface area contributed by atoms with Gasteiger partial charge in [0.05, 0.1) is 6.10 Å². The van der Waals surface area contributed by atoms with Crippen molar-refractivity contribution >= 4 is 0 Å². The Morgan fingerprint density at radius 2 is 1.61 bits per heavy atom. The molecular weight excluding hydrogens is 222 g/mol. The van der Waals surface area contributed by atoms with E-state index in [4.69, 9.17) is 0 Å². The Bertz CT molecular complexity index is 262. The Morgan fingerprint density at radius 3 is 2.44 bits per heavy atom. The molecule has 2 heteroatoms. The molecule has 3 rings (SSSR count). The summed E-state index contributed by atoms with van der Waals surface area (Å²) < 4.78 is 0. The van der Waals surface area contributed by atoms with Crippen LogP contribution in [0.3, 0.4) is 0 Å². The van der Waals surface area contributed by atoms with Gasteiger partial charge in [-0.25, -0.2) is 0 Å². The average Bonchev–Trinajstić information content (AvgIpc) is 2.83. The molecule has 0 amide bonds. The van der Waals surface area contributed by atoms with Gasteiger partial charge in [0.15, 0.2) is 0 Å². The van der Waals surface area contributed by atoms with Crippen molar-refractivity contribution in [2.75, 3.05) is 13.1 Å². The average molecular weight is 251 g/mol. The largest absolute Gasteiger partial charge is 0.392 e. The highest BCUT2D eigenvalue weighted by molar-refractivity contribution is 4.91. The van der Waals surface area contributed by atoms with Gasteiger partial charge in [0.25, 0.3) is 0 Å². The first-order chi connectivity index (χ1) is 8.84. The van der Waals surface area contributed by atoms with E-state index in [1.807, 2.05) is 0 Å². The topological polar surface area (TPSA) is 23.5 Å². The maximum absolute atomic E-state index is 10.5. The Kier molecular flexibility index (Phi) is 4.25. The lowest BCUT2D eigenvalue weighted by atomic mass is 9.83. The van der Waals surface area contributed by atoms with Crippen LogP contribution in [0.25, 0.3) is 0 Å². The summed E-state index contributed by atoms with van der Waals surface area (Å²) in [5.74, 6) is 1.55. The van der Waals surface area contributed by atoms with Gasteiger partial charge in [0, 0.05) is 12.6 Å². The number of hydrogen-bond donors (Lipinski definition) is 1. The standard InChI is InChI=1S/C16H29NO/c18-16(14-7-2-1-3-8-14)12-17-11-10-13-6-4-5-9-15(13)17/h13-16,18H,1-12H2. The second-order valence-corrected chi connectivity index (χ2v) is 6.86. The molecule has 3 unspecified atom stereocenters. The van der Waals surface area contributed by atoms with Crippen LogP contribution in [0.1, 0.15) is 64.2 Å². The molecule has 3 fully saturated rings. The molecule has 104 valence electrons. The molecule has 3 aliphatic rings. The molecule has 0 aromatic carbocycles. The molecule has 2 aliphatic carbocycles. The second-order valence-electron chi connectivity index (χ2n) is 6.86. The molecule has 1 saturated heterocycles. The van der Waals surface area contributed by atoms with E-state index in [0.29, 0.717) is 5.92 Å². The van der Waals surface area contributed by atoms with Crippen LogP contribution >= 0.6 is 0 Å². The van der Waals surface area contributed by atoms with Crippen molar-refractivity contribution in [3.05, 3.63) is 0 Å². The van der Waals surface area contributed by atoms with E-state index in [9.17, 15) is 5.11 Å². The highest BCUT2D eigenvalue weighted by atomic mass is 16.3. The Morgan fingerprint density at radius 1 is 0.889 bits per heavy atom. The summed E-state index contributed by atoms with van der Waals surface area (Å²) >= 11 is 0. The zero-order chi connectivity index (χ0) is 12.4. The van der Waals surface area contributed by atoms with Crippen molar-refractivity contribution in [1.29, 1.82) is 0 Å². The van der Waals surface area contributed by atoms with Crippen LogP contribution in [0.15, 0.2) is 0 Å². The van der Waals surface area contributed by atoms with Gasteiger partial charge in [-0.2, -0.15) is 0 Å². The molecule has 2 saturated carbocycles. The van der Waals surface area contributed by atoms with Crippen molar-refractivity contribution in [2.24, 2.45) is 11.8 Å². The number of hydrogen-bond acceptors (Lipinski definition) is 2. The van der Waals surface area contributed by atoms with Crippen LogP contribution in [-0.2, 0) is 0 Å². The normalized spacial score (nSPS) is 36.5. The zero-order valence-electron chi connectivity index (χ0n) is 11.7. The monoisotopic (exact) mass is 251 g/mol. The lowest BCUT2D eigenvalue weighted by Gasteiger charge is -2.35. The van der Waals surface area contributed by atoms with E-state index in [-0.39, 0.29) is 6.10 Å². The van der Waals surface area contributed by atoms with Crippen LogP contribution in [0, 0.1) is 11.8 Å². The lowest BCUT2D eigenvalue weighted by Crippen LogP contribution is -2.42. The summed E-state index contributed by atoms with van der Waals surface area (Å²) in [6, 6.07) is 0.817. The third kappa shape index (κ3) is 2.75. The molecule has 1 aliphatic heterocycles. The summed E-state index contributed by atoms with van der Waals surface area (Å²) in [6.45, 7) is 2.21. The second kappa shape index (κ2) is 5.92. The number of aliphatic hydroxyl groups excluding tert-OH is 1. The van der Waals surface area contributed by atoms with Crippen molar-refractivity contribution in [2.45, 2.75) is 76.4 Å². The van der Waals surface area contributed by atoms with Crippen molar-refractivity contribution in [3.8, 4) is 0 Å². The molecule has 0 bridgehead atoms. The fourth-order valence-electron chi connectivity index (χ4n) is 4.64. The van der Waals surface area contributed by atoms with Crippen LogP contribution < -0.4 is 0 Å². The van der Waals surface area contributed by atoms with E-state index >= 15 is 0 Å². The summed E-state index contributed by atoms with van der Waals surface area (Å²) in [6.07, 6.45) is 13.6. The lowest BCUT2D eigenvalue weighted by molar-refractivity contribution is 0.0362. The first-order valence-corrected chi connectivity index (χ1v) is 8.27. The van der Waals surface area contributed by atoms with E-state index in [1.54, 1.807) is 0 Å².